The molecule has 132 valence electrons. The number of urea groups is 1. The van der Waals surface area contributed by atoms with Crippen LogP contribution in [0, 0.1) is 0 Å². The molecule has 6 heteroatoms. The Morgan fingerprint density at radius 3 is 3.16 bits per heavy atom. The molecule has 0 radical (unpaired) electrons. The Morgan fingerprint density at radius 1 is 1.32 bits per heavy atom. The largest absolute Gasteiger partial charge is 0.378 e. The third-order valence-electron chi connectivity index (χ3n) is 5.02. The minimum Gasteiger partial charge on any atom is -0.378 e. The first-order valence-corrected chi connectivity index (χ1v) is 8.82. The van der Waals surface area contributed by atoms with Gasteiger partial charge in [0.2, 0.25) is 0 Å². The average Bonchev–Trinajstić information content (AvgIpc) is 3.07. The van der Waals surface area contributed by atoms with Crippen LogP contribution in [0.2, 0.25) is 0 Å². The molecule has 2 N–H and O–H groups in total. The van der Waals surface area contributed by atoms with Crippen molar-refractivity contribution in [3.05, 3.63) is 42.1 Å². The molecule has 25 heavy (non-hydrogen) atoms. The highest BCUT2D eigenvalue weighted by Gasteiger charge is 2.41. The zero-order valence-electron chi connectivity index (χ0n) is 14.2. The molecule has 2 saturated heterocycles. The van der Waals surface area contributed by atoms with Crippen LogP contribution >= 0.6 is 0 Å². The molecular formula is C19H23N3O3. The summed E-state index contributed by atoms with van der Waals surface area (Å²) in [5, 5.41) is 7.11. The molecule has 0 aliphatic carbocycles. The fraction of sp³-hybridized carbons (Fsp3) is 0.474. The molecule has 2 fully saturated rings. The first-order chi connectivity index (χ1) is 12.2. The smallest absolute Gasteiger partial charge is 0.315 e. The normalized spacial score (nSPS) is 26.0. The molecule has 0 saturated carbocycles. The van der Waals surface area contributed by atoms with E-state index in [0.717, 1.165) is 42.3 Å². The van der Waals surface area contributed by atoms with E-state index < -0.39 is 0 Å². The van der Waals surface area contributed by atoms with E-state index in [1.165, 1.54) is 0 Å². The number of hydrogen-bond donors (Lipinski definition) is 2. The average molecular weight is 341 g/mol. The van der Waals surface area contributed by atoms with Crippen LogP contribution in [0.15, 0.2) is 36.5 Å². The number of rotatable bonds is 3. The van der Waals surface area contributed by atoms with Gasteiger partial charge in [-0.15, -0.1) is 0 Å². The molecule has 1 aromatic heterocycles. The molecule has 3 heterocycles. The van der Waals surface area contributed by atoms with Crippen LogP contribution < -0.4 is 10.6 Å². The number of pyridine rings is 1. The number of carbonyl (C=O) groups is 1. The predicted molar refractivity (Wildman–Crippen MR) is 94.3 cm³/mol. The Morgan fingerprint density at radius 2 is 2.28 bits per heavy atom. The van der Waals surface area contributed by atoms with Crippen molar-refractivity contribution in [2.75, 3.05) is 19.8 Å². The molecule has 2 atom stereocenters. The van der Waals surface area contributed by atoms with Crippen LogP contribution in [0.4, 0.5) is 4.79 Å². The maximum absolute atomic E-state index is 12.2. The van der Waals surface area contributed by atoms with Gasteiger partial charge in [-0.3, -0.25) is 4.98 Å². The molecule has 4 rings (SSSR count). The number of aromatic nitrogens is 1. The third kappa shape index (κ3) is 3.75. The van der Waals surface area contributed by atoms with Crippen molar-refractivity contribution in [1.29, 1.82) is 0 Å². The molecule has 0 unspecified atom stereocenters. The molecule has 2 aromatic rings. The summed E-state index contributed by atoms with van der Waals surface area (Å²) in [5.74, 6) is 0. The van der Waals surface area contributed by atoms with Crippen molar-refractivity contribution in [1.82, 2.24) is 15.6 Å². The fourth-order valence-electron chi connectivity index (χ4n) is 3.67. The lowest BCUT2D eigenvalue weighted by Gasteiger charge is -2.37. The highest BCUT2D eigenvalue weighted by molar-refractivity contribution is 5.79. The van der Waals surface area contributed by atoms with E-state index in [4.69, 9.17) is 9.47 Å². The lowest BCUT2D eigenvalue weighted by atomic mass is 9.90. The van der Waals surface area contributed by atoms with E-state index in [1.54, 1.807) is 6.20 Å². The molecule has 0 bridgehead atoms. The van der Waals surface area contributed by atoms with Gasteiger partial charge in [0.25, 0.3) is 0 Å². The van der Waals surface area contributed by atoms with Crippen LogP contribution in [-0.4, -0.2) is 42.5 Å². The monoisotopic (exact) mass is 341 g/mol. The molecule has 6 nitrogen and oxygen atoms in total. The SMILES string of the molecule is O=C(NCc1ccc2ncccc2c1)N[C@H]1CCO[C@@]2(CCOC2)C1. The summed E-state index contributed by atoms with van der Waals surface area (Å²) < 4.78 is 11.4. The van der Waals surface area contributed by atoms with Gasteiger partial charge in [-0.05, 0) is 36.6 Å². The van der Waals surface area contributed by atoms with Gasteiger partial charge in [0.1, 0.15) is 0 Å². The molecular weight excluding hydrogens is 318 g/mol. The summed E-state index contributed by atoms with van der Waals surface area (Å²) in [6.45, 7) is 2.55. The minimum atomic E-state index is -0.193. The number of hydrogen-bond acceptors (Lipinski definition) is 4. The van der Waals surface area contributed by atoms with E-state index in [9.17, 15) is 4.79 Å². The minimum absolute atomic E-state index is 0.132. The number of fused-ring (bicyclic) bond motifs is 1. The summed E-state index contributed by atoms with van der Waals surface area (Å²) in [7, 11) is 0. The zero-order valence-corrected chi connectivity index (χ0v) is 14.2. The van der Waals surface area contributed by atoms with Gasteiger partial charge in [-0.1, -0.05) is 12.1 Å². The Labute approximate surface area is 146 Å². The second-order valence-corrected chi connectivity index (χ2v) is 6.88. The maximum Gasteiger partial charge on any atom is 0.315 e. The van der Waals surface area contributed by atoms with E-state index in [1.807, 2.05) is 24.3 Å². The number of benzene rings is 1. The number of amides is 2. The standard InChI is InChI=1S/C19H23N3O3/c23-18(22-16-5-8-25-19(11-16)6-9-24-13-19)21-12-14-3-4-17-15(10-14)2-1-7-20-17/h1-4,7,10,16H,5-6,8-9,11-13H2,(H2,21,22,23)/t16-,19-/m0/s1. The van der Waals surface area contributed by atoms with Crippen molar-refractivity contribution < 1.29 is 14.3 Å². The van der Waals surface area contributed by atoms with Crippen LogP contribution in [0.1, 0.15) is 24.8 Å². The van der Waals surface area contributed by atoms with Crippen molar-refractivity contribution in [2.45, 2.75) is 37.5 Å². The van der Waals surface area contributed by atoms with Crippen molar-refractivity contribution >= 4 is 16.9 Å². The molecule has 1 spiro atoms. The number of carbonyl (C=O) groups excluding carboxylic acids is 1. The Kier molecular flexibility index (Phi) is 4.55. The molecule has 2 aliphatic rings. The summed E-state index contributed by atoms with van der Waals surface area (Å²) in [4.78, 5) is 16.6. The Balaban J connectivity index is 1.31. The highest BCUT2D eigenvalue weighted by Crippen LogP contribution is 2.32. The maximum atomic E-state index is 12.2. The Bertz CT molecular complexity index is 758. The van der Waals surface area contributed by atoms with Crippen LogP contribution in [0.3, 0.4) is 0 Å². The van der Waals surface area contributed by atoms with E-state index >= 15 is 0 Å². The number of nitrogens with zero attached hydrogens (tertiary/aromatic N) is 1. The molecule has 2 aliphatic heterocycles. The highest BCUT2D eigenvalue weighted by atomic mass is 16.6. The number of nitrogens with one attached hydrogen (secondary N) is 2. The first kappa shape index (κ1) is 16.3. The van der Waals surface area contributed by atoms with Gasteiger partial charge in [-0.2, -0.15) is 0 Å². The van der Waals surface area contributed by atoms with E-state index in [-0.39, 0.29) is 17.7 Å². The third-order valence-corrected chi connectivity index (χ3v) is 5.02. The van der Waals surface area contributed by atoms with Crippen LogP contribution in [-0.2, 0) is 16.0 Å². The second kappa shape index (κ2) is 6.98. The van der Waals surface area contributed by atoms with Crippen molar-refractivity contribution in [2.24, 2.45) is 0 Å². The fourth-order valence-corrected chi connectivity index (χ4v) is 3.67. The van der Waals surface area contributed by atoms with Gasteiger partial charge in [0.15, 0.2) is 0 Å². The second-order valence-electron chi connectivity index (χ2n) is 6.88. The summed E-state index contributed by atoms with van der Waals surface area (Å²) in [6, 6.07) is 9.98. The summed E-state index contributed by atoms with van der Waals surface area (Å²) >= 11 is 0. The predicted octanol–water partition coefficient (Wildman–Crippen LogP) is 2.37. The van der Waals surface area contributed by atoms with Gasteiger partial charge in [0, 0.05) is 43.8 Å². The van der Waals surface area contributed by atoms with Crippen molar-refractivity contribution in [3.8, 4) is 0 Å². The van der Waals surface area contributed by atoms with Crippen LogP contribution in [0.25, 0.3) is 10.9 Å². The van der Waals surface area contributed by atoms with Gasteiger partial charge in [0.05, 0.1) is 17.7 Å². The number of ether oxygens (including phenoxy) is 2. The molecule has 2 amide bonds. The first-order valence-electron chi connectivity index (χ1n) is 8.82. The lowest BCUT2D eigenvalue weighted by Crippen LogP contribution is -2.51. The summed E-state index contributed by atoms with van der Waals surface area (Å²) in [5.41, 5.74) is 1.83. The van der Waals surface area contributed by atoms with E-state index in [0.29, 0.717) is 19.8 Å². The van der Waals surface area contributed by atoms with Gasteiger partial charge >= 0.3 is 6.03 Å². The lowest BCUT2D eigenvalue weighted by molar-refractivity contribution is -0.0878. The van der Waals surface area contributed by atoms with Crippen LogP contribution in [0.5, 0.6) is 0 Å². The van der Waals surface area contributed by atoms with Crippen molar-refractivity contribution in [3.63, 3.8) is 0 Å². The summed E-state index contributed by atoms with van der Waals surface area (Å²) in [6.07, 6.45) is 4.36. The van der Waals surface area contributed by atoms with Gasteiger partial charge < -0.3 is 20.1 Å². The topological polar surface area (TPSA) is 72.5 Å². The van der Waals surface area contributed by atoms with E-state index in [2.05, 4.69) is 21.7 Å². The van der Waals surface area contributed by atoms with Gasteiger partial charge in [-0.25, -0.2) is 4.79 Å². The zero-order chi connectivity index (χ0) is 17.1. The quantitative estimate of drug-likeness (QED) is 0.899. The Hall–Kier alpha value is -2.18. The molecule has 1 aromatic carbocycles.